The lowest BCUT2D eigenvalue weighted by Crippen LogP contribution is -2.32. The van der Waals surface area contributed by atoms with Gasteiger partial charge in [0.2, 0.25) is 5.91 Å². The maximum absolute atomic E-state index is 13.2. The topological polar surface area (TPSA) is 84.3 Å². The number of urea groups is 1. The number of nitrogens with zero attached hydrogens (tertiary/aromatic N) is 3. The molecule has 4 rings (SSSR count). The van der Waals surface area contributed by atoms with Crippen LogP contribution in [0.1, 0.15) is 12.0 Å². The summed E-state index contributed by atoms with van der Waals surface area (Å²) in [5.41, 5.74) is 2.32. The number of aromatic nitrogens is 2. The Hall–Kier alpha value is -3.13. The number of aryl methyl sites for hydroxylation is 1. The molecule has 1 fully saturated rings. The largest absolute Gasteiger partial charge is 0.329 e. The van der Waals surface area contributed by atoms with E-state index in [9.17, 15) is 14.4 Å². The first-order valence-corrected chi connectivity index (χ1v) is 10.3. The summed E-state index contributed by atoms with van der Waals surface area (Å²) in [5.74, 6) is 0.411. The molecule has 7 nitrogen and oxygen atoms in total. The van der Waals surface area contributed by atoms with Gasteiger partial charge in [0.15, 0.2) is 5.16 Å². The second kappa shape index (κ2) is 8.08. The summed E-state index contributed by atoms with van der Waals surface area (Å²) in [5, 5.41) is 3.68. The van der Waals surface area contributed by atoms with Gasteiger partial charge in [0.05, 0.1) is 23.1 Å². The Morgan fingerprint density at radius 2 is 1.83 bits per heavy atom. The number of amides is 3. The second-order valence-electron chi connectivity index (χ2n) is 6.74. The molecule has 1 aliphatic heterocycles. The molecule has 1 aliphatic rings. The van der Waals surface area contributed by atoms with Gasteiger partial charge < -0.3 is 5.32 Å². The monoisotopic (exact) mass is 408 g/mol. The van der Waals surface area contributed by atoms with Crippen LogP contribution in [0.25, 0.3) is 16.6 Å². The number of hydrogen-bond donors (Lipinski definition) is 1. The van der Waals surface area contributed by atoms with E-state index in [4.69, 9.17) is 4.98 Å². The minimum Gasteiger partial charge on any atom is -0.329 e. The van der Waals surface area contributed by atoms with E-state index in [1.54, 1.807) is 10.6 Å². The second-order valence-corrected chi connectivity index (χ2v) is 7.81. The van der Waals surface area contributed by atoms with Gasteiger partial charge in [-0.15, -0.1) is 0 Å². The van der Waals surface area contributed by atoms with E-state index >= 15 is 0 Å². The third-order valence-electron chi connectivity index (χ3n) is 4.80. The van der Waals surface area contributed by atoms with Gasteiger partial charge in [-0.1, -0.05) is 42.1 Å². The number of para-hydroxylation sites is 2. The van der Waals surface area contributed by atoms with Crippen molar-refractivity contribution in [2.75, 3.05) is 18.8 Å². The van der Waals surface area contributed by atoms with E-state index in [1.165, 1.54) is 16.7 Å². The Morgan fingerprint density at radius 3 is 2.59 bits per heavy atom. The molecule has 2 aromatic carbocycles. The van der Waals surface area contributed by atoms with Crippen molar-refractivity contribution in [2.45, 2.75) is 18.5 Å². The highest BCUT2D eigenvalue weighted by Crippen LogP contribution is 2.23. The summed E-state index contributed by atoms with van der Waals surface area (Å²) < 4.78 is 1.65. The SMILES string of the molecule is Cc1ccccc1-n1c(SCCCN2C(=O)CNC2=O)nc2ccccc2c1=O. The number of nitrogens with one attached hydrogen (secondary N) is 1. The molecule has 0 aliphatic carbocycles. The van der Waals surface area contributed by atoms with Crippen molar-refractivity contribution in [1.29, 1.82) is 0 Å². The van der Waals surface area contributed by atoms with Crippen molar-refractivity contribution in [3.8, 4) is 5.69 Å². The zero-order valence-electron chi connectivity index (χ0n) is 15.9. The number of carbonyl (C=O) groups is 2. The van der Waals surface area contributed by atoms with Crippen molar-refractivity contribution in [2.24, 2.45) is 0 Å². The average Bonchev–Trinajstić information content (AvgIpc) is 3.04. The molecule has 148 valence electrons. The van der Waals surface area contributed by atoms with Crippen molar-refractivity contribution in [3.05, 3.63) is 64.4 Å². The summed E-state index contributed by atoms with van der Waals surface area (Å²) in [6.07, 6.45) is 0.611. The predicted molar refractivity (Wildman–Crippen MR) is 113 cm³/mol. The average molecular weight is 408 g/mol. The lowest BCUT2D eigenvalue weighted by molar-refractivity contribution is -0.124. The van der Waals surface area contributed by atoms with E-state index in [0.29, 0.717) is 34.8 Å². The molecule has 3 amide bonds. The molecule has 2 heterocycles. The first-order valence-electron chi connectivity index (χ1n) is 9.35. The van der Waals surface area contributed by atoms with Crippen LogP contribution in [0.5, 0.6) is 0 Å². The van der Waals surface area contributed by atoms with Gasteiger partial charge in [0.1, 0.15) is 0 Å². The molecule has 1 N–H and O–H groups in total. The van der Waals surface area contributed by atoms with Gasteiger partial charge in [0, 0.05) is 12.3 Å². The molecular weight excluding hydrogens is 388 g/mol. The van der Waals surface area contributed by atoms with E-state index in [-0.39, 0.29) is 24.0 Å². The Kier molecular flexibility index (Phi) is 5.35. The quantitative estimate of drug-likeness (QED) is 0.293. The molecule has 1 saturated heterocycles. The Labute approximate surface area is 171 Å². The third-order valence-corrected chi connectivity index (χ3v) is 5.82. The van der Waals surface area contributed by atoms with Crippen LogP contribution in [-0.2, 0) is 4.79 Å². The van der Waals surface area contributed by atoms with Gasteiger partial charge in [-0.2, -0.15) is 0 Å². The molecule has 0 atom stereocenters. The number of benzene rings is 2. The number of thioether (sulfide) groups is 1. The minimum atomic E-state index is -0.347. The van der Waals surface area contributed by atoms with E-state index in [2.05, 4.69) is 5.32 Å². The standard InChI is InChI=1S/C21H20N4O3S/c1-14-7-2-5-10-17(14)25-19(27)15-8-3-4-9-16(15)23-21(25)29-12-6-11-24-18(26)13-22-20(24)28/h2-5,7-10H,6,11-13H2,1H3,(H,22,28). The minimum absolute atomic E-state index is 0.0605. The lowest BCUT2D eigenvalue weighted by atomic mass is 10.2. The maximum atomic E-state index is 13.2. The Balaban J connectivity index is 1.63. The lowest BCUT2D eigenvalue weighted by Gasteiger charge is -2.16. The molecule has 0 bridgehead atoms. The first kappa shape index (κ1) is 19.2. The van der Waals surface area contributed by atoms with Crippen molar-refractivity contribution >= 4 is 34.6 Å². The van der Waals surface area contributed by atoms with E-state index in [0.717, 1.165) is 11.3 Å². The highest BCUT2D eigenvalue weighted by Gasteiger charge is 2.27. The van der Waals surface area contributed by atoms with Crippen molar-refractivity contribution in [1.82, 2.24) is 19.8 Å². The molecule has 0 spiro atoms. The number of fused-ring (bicyclic) bond motifs is 1. The number of hydrogen-bond acceptors (Lipinski definition) is 5. The van der Waals surface area contributed by atoms with E-state index < -0.39 is 0 Å². The van der Waals surface area contributed by atoms with Crippen LogP contribution >= 0.6 is 11.8 Å². The number of carbonyl (C=O) groups excluding carboxylic acids is 2. The highest BCUT2D eigenvalue weighted by molar-refractivity contribution is 7.99. The fourth-order valence-electron chi connectivity index (χ4n) is 3.30. The molecular formula is C21H20N4O3S. The fraction of sp³-hybridized carbons (Fsp3) is 0.238. The molecule has 29 heavy (non-hydrogen) atoms. The predicted octanol–water partition coefficient (Wildman–Crippen LogP) is 2.73. The molecule has 0 radical (unpaired) electrons. The van der Waals surface area contributed by atoms with Gasteiger partial charge in [-0.3, -0.25) is 19.1 Å². The zero-order chi connectivity index (χ0) is 20.4. The van der Waals surface area contributed by atoms with Crippen LogP contribution in [0, 0.1) is 6.92 Å². The van der Waals surface area contributed by atoms with Crippen LogP contribution in [0.3, 0.4) is 0 Å². The molecule has 8 heteroatoms. The van der Waals surface area contributed by atoms with Crippen LogP contribution < -0.4 is 10.9 Å². The summed E-state index contributed by atoms with van der Waals surface area (Å²) in [4.78, 5) is 42.5. The fourth-order valence-corrected chi connectivity index (χ4v) is 4.23. The summed E-state index contributed by atoms with van der Waals surface area (Å²) in [7, 11) is 0. The van der Waals surface area contributed by atoms with Crippen LogP contribution in [-0.4, -0.2) is 45.2 Å². The van der Waals surface area contributed by atoms with Crippen LogP contribution in [0.4, 0.5) is 4.79 Å². The van der Waals surface area contributed by atoms with Crippen LogP contribution in [0.2, 0.25) is 0 Å². The van der Waals surface area contributed by atoms with Crippen LogP contribution in [0.15, 0.2) is 58.5 Å². The zero-order valence-corrected chi connectivity index (χ0v) is 16.7. The Morgan fingerprint density at radius 1 is 1.07 bits per heavy atom. The molecule has 3 aromatic rings. The summed E-state index contributed by atoms with van der Waals surface area (Å²) in [6.45, 7) is 2.37. The molecule has 1 aromatic heterocycles. The maximum Gasteiger partial charge on any atom is 0.324 e. The van der Waals surface area contributed by atoms with E-state index in [1.807, 2.05) is 49.4 Å². The van der Waals surface area contributed by atoms with Gasteiger partial charge in [-0.25, -0.2) is 9.78 Å². The van der Waals surface area contributed by atoms with Gasteiger partial charge in [0.25, 0.3) is 5.56 Å². The molecule has 0 saturated carbocycles. The third kappa shape index (κ3) is 3.75. The number of imide groups is 1. The smallest absolute Gasteiger partial charge is 0.324 e. The Bertz CT molecular complexity index is 1140. The van der Waals surface area contributed by atoms with Crippen molar-refractivity contribution < 1.29 is 9.59 Å². The van der Waals surface area contributed by atoms with Gasteiger partial charge in [-0.05, 0) is 37.1 Å². The summed E-state index contributed by atoms with van der Waals surface area (Å²) in [6, 6.07) is 14.7. The number of rotatable bonds is 6. The van der Waals surface area contributed by atoms with Crippen molar-refractivity contribution in [3.63, 3.8) is 0 Å². The summed E-state index contributed by atoms with van der Waals surface area (Å²) >= 11 is 1.45. The molecule has 0 unspecified atom stereocenters. The van der Waals surface area contributed by atoms with Gasteiger partial charge >= 0.3 is 6.03 Å². The highest BCUT2D eigenvalue weighted by atomic mass is 32.2. The normalized spacial score (nSPS) is 13.9. The first-order chi connectivity index (χ1) is 14.1.